The van der Waals surface area contributed by atoms with Crippen LogP contribution in [-0.4, -0.2) is 12.9 Å². The topological polar surface area (TPSA) is 9.23 Å². The van der Waals surface area contributed by atoms with E-state index in [1.165, 1.54) is 5.56 Å². The highest BCUT2D eigenvalue weighted by Crippen LogP contribution is 2.24. The van der Waals surface area contributed by atoms with E-state index in [4.69, 9.17) is 37.7 Å². The SMILES string of the molecule is CC(CO[Si](Cl)(Cl)Cl)c1ccccc1. The van der Waals surface area contributed by atoms with Crippen molar-refractivity contribution in [2.45, 2.75) is 12.8 Å². The van der Waals surface area contributed by atoms with Crippen molar-refractivity contribution in [3.05, 3.63) is 35.9 Å². The standard InChI is InChI=1S/C9H11Cl3OSi/c1-8(7-13-14(10,11)12)9-5-3-2-4-6-9/h2-6,8H,7H2,1H3. The zero-order valence-corrected chi connectivity index (χ0v) is 11.0. The number of benzene rings is 1. The minimum atomic E-state index is -2.94. The Morgan fingerprint density at radius 2 is 1.79 bits per heavy atom. The van der Waals surface area contributed by atoms with E-state index >= 15 is 0 Å². The zero-order chi connectivity index (χ0) is 10.6. The summed E-state index contributed by atoms with van der Waals surface area (Å²) in [4.78, 5) is 0. The highest BCUT2D eigenvalue weighted by atomic mass is 35.8. The highest BCUT2D eigenvalue weighted by Gasteiger charge is 2.28. The Labute approximate surface area is 99.2 Å². The molecule has 0 aliphatic rings. The van der Waals surface area contributed by atoms with Gasteiger partial charge in [0.05, 0.1) is 0 Å². The molecule has 0 amide bonds. The van der Waals surface area contributed by atoms with E-state index in [1.54, 1.807) is 0 Å². The van der Waals surface area contributed by atoms with Crippen LogP contribution < -0.4 is 0 Å². The molecular weight excluding hydrogens is 259 g/mol. The minimum absolute atomic E-state index is 0.249. The average molecular weight is 270 g/mol. The Morgan fingerprint density at radius 1 is 1.21 bits per heavy atom. The summed E-state index contributed by atoms with van der Waals surface area (Å²) in [5.41, 5.74) is 1.19. The first-order chi connectivity index (χ1) is 6.49. The largest absolute Gasteiger partial charge is 0.493 e. The van der Waals surface area contributed by atoms with Gasteiger partial charge in [-0.2, -0.15) is 0 Å². The molecule has 0 bridgehead atoms. The molecule has 0 aliphatic heterocycles. The second-order valence-electron chi connectivity index (χ2n) is 3.07. The van der Waals surface area contributed by atoms with Gasteiger partial charge in [-0.3, -0.25) is 0 Å². The Balaban J connectivity index is 2.48. The summed E-state index contributed by atoms with van der Waals surface area (Å²) in [5, 5.41) is 0. The van der Waals surface area contributed by atoms with Gasteiger partial charge in [-0.05, 0) is 5.56 Å². The first-order valence-electron chi connectivity index (χ1n) is 4.24. The Hall–Kier alpha value is 0.267. The van der Waals surface area contributed by atoms with Gasteiger partial charge in [0, 0.05) is 12.5 Å². The first kappa shape index (κ1) is 12.3. The molecule has 0 saturated heterocycles. The Bertz CT molecular complexity index is 273. The lowest BCUT2D eigenvalue weighted by molar-refractivity contribution is 0.311. The van der Waals surface area contributed by atoms with Crippen LogP contribution in [0.5, 0.6) is 0 Å². The van der Waals surface area contributed by atoms with Gasteiger partial charge in [0.15, 0.2) is 0 Å². The molecule has 1 aromatic carbocycles. The molecule has 0 N–H and O–H groups in total. The minimum Gasteiger partial charge on any atom is -0.380 e. The van der Waals surface area contributed by atoms with Crippen LogP contribution in [0.25, 0.3) is 0 Å². The highest BCUT2D eigenvalue weighted by molar-refractivity contribution is 7.62. The maximum atomic E-state index is 5.61. The molecule has 0 spiro atoms. The van der Waals surface area contributed by atoms with Gasteiger partial charge in [-0.25, -0.2) is 0 Å². The first-order valence-corrected chi connectivity index (χ1v) is 9.19. The third-order valence-corrected chi connectivity index (χ3v) is 3.34. The average Bonchev–Trinajstić information content (AvgIpc) is 2.14. The molecule has 5 heteroatoms. The van der Waals surface area contributed by atoms with Crippen LogP contribution in [0.3, 0.4) is 0 Å². The van der Waals surface area contributed by atoms with Crippen molar-refractivity contribution in [3.8, 4) is 0 Å². The summed E-state index contributed by atoms with van der Waals surface area (Å²) in [6.07, 6.45) is -2.94. The van der Waals surface area contributed by atoms with Crippen LogP contribution in [-0.2, 0) is 4.43 Å². The van der Waals surface area contributed by atoms with Gasteiger partial charge in [0.25, 0.3) is 0 Å². The summed E-state index contributed by atoms with van der Waals surface area (Å²) < 4.78 is 5.18. The predicted molar refractivity (Wildman–Crippen MR) is 64.1 cm³/mol. The molecule has 14 heavy (non-hydrogen) atoms. The molecule has 78 valence electrons. The fraction of sp³-hybridized carbons (Fsp3) is 0.333. The van der Waals surface area contributed by atoms with Crippen molar-refractivity contribution in [1.29, 1.82) is 0 Å². The summed E-state index contributed by atoms with van der Waals surface area (Å²) in [6, 6.07) is 10.0. The van der Waals surface area contributed by atoms with Crippen LogP contribution in [0.4, 0.5) is 0 Å². The van der Waals surface area contributed by atoms with Crippen LogP contribution >= 0.6 is 33.2 Å². The third kappa shape index (κ3) is 4.67. The summed E-state index contributed by atoms with van der Waals surface area (Å²) >= 11 is 16.8. The second-order valence-corrected chi connectivity index (χ2v) is 10.8. The van der Waals surface area contributed by atoms with Gasteiger partial charge in [-0.15, -0.1) is 0 Å². The van der Waals surface area contributed by atoms with Crippen molar-refractivity contribution in [2.24, 2.45) is 0 Å². The second kappa shape index (κ2) is 5.38. The molecule has 0 saturated carbocycles. The molecule has 0 aliphatic carbocycles. The normalized spacial score (nSPS) is 14.0. The van der Waals surface area contributed by atoms with E-state index in [9.17, 15) is 0 Å². The van der Waals surface area contributed by atoms with E-state index in [1.807, 2.05) is 37.3 Å². The van der Waals surface area contributed by atoms with E-state index < -0.39 is 6.25 Å². The maximum Gasteiger partial charge on any atom is 0.493 e. The van der Waals surface area contributed by atoms with Crippen LogP contribution in [0, 0.1) is 0 Å². The number of rotatable bonds is 4. The van der Waals surface area contributed by atoms with E-state index in [0.29, 0.717) is 6.61 Å². The van der Waals surface area contributed by atoms with Crippen molar-refractivity contribution < 1.29 is 4.43 Å². The Morgan fingerprint density at radius 3 is 2.29 bits per heavy atom. The molecule has 1 unspecified atom stereocenters. The van der Waals surface area contributed by atoms with Gasteiger partial charge in [-0.1, -0.05) is 70.5 Å². The molecule has 0 heterocycles. The molecule has 1 rings (SSSR count). The lowest BCUT2D eigenvalue weighted by Gasteiger charge is -2.15. The van der Waals surface area contributed by atoms with Gasteiger partial charge in [0.2, 0.25) is 0 Å². The summed E-state index contributed by atoms with van der Waals surface area (Å²) in [7, 11) is 0. The zero-order valence-electron chi connectivity index (χ0n) is 7.71. The van der Waals surface area contributed by atoms with Crippen molar-refractivity contribution >= 4 is 39.5 Å². The van der Waals surface area contributed by atoms with E-state index in [2.05, 4.69) is 0 Å². The van der Waals surface area contributed by atoms with Crippen LogP contribution in [0.2, 0.25) is 0 Å². The molecule has 0 fully saturated rings. The predicted octanol–water partition coefficient (Wildman–Crippen LogP) is 3.96. The molecular formula is C9H11Cl3OSi. The number of hydrogen-bond donors (Lipinski definition) is 0. The molecule has 0 radical (unpaired) electrons. The third-order valence-electron chi connectivity index (χ3n) is 1.87. The molecule has 1 aromatic rings. The maximum absolute atomic E-state index is 5.61. The smallest absolute Gasteiger partial charge is 0.380 e. The van der Waals surface area contributed by atoms with E-state index in [0.717, 1.165) is 0 Å². The van der Waals surface area contributed by atoms with Crippen molar-refractivity contribution in [3.63, 3.8) is 0 Å². The fourth-order valence-corrected chi connectivity index (χ4v) is 2.10. The van der Waals surface area contributed by atoms with Gasteiger partial charge in [0.1, 0.15) is 0 Å². The Kier molecular flexibility index (Phi) is 4.74. The number of halogens is 3. The summed E-state index contributed by atoms with van der Waals surface area (Å²) in [5.74, 6) is 0.249. The molecule has 0 aromatic heterocycles. The quantitative estimate of drug-likeness (QED) is 0.594. The van der Waals surface area contributed by atoms with E-state index in [-0.39, 0.29) is 5.92 Å². The lowest BCUT2D eigenvalue weighted by Crippen LogP contribution is -2.19. The number of hydrogen-bond acceptors (Lipinski definition) is 1. The van der Waals surface area contributed by atoms with Crippen LogP contribution in [0.1, 0.15) is 18.4 Å². The molecule has 1 nitrogen and oxygen atoms in total. The fourth-order valence-electron chi connectivity index (χ4n) is 1.10. The monoisotopic (exact) mass is 268 g/mol. The summed E-state index contributed by atoms with van der Waals surface area (Å²) in [6.45, 7) is 2.49. The van der Waals surface area contributed by atoms with Crippen LogP contribution in [0.15, 0.2) is 30.3 Å². The van der Waals surface area contributed by atoms with Crippen molar-refractivity contribution in [1.82, 2.24) is 0 Å². The van der Waals surface area contributed by atoms with Gasteiger partial charge >= 0.3 is 6.25 Å². The molecule has 1 atom stereocenters. The van der Waals surface area contributed by atoms with Gasteiger partial charge < -0.3 is 4.43 Å². The van der Waals surface area contributed by atoms with Crippen molar-refractivity contribution in [2.75, 3.05) is 6.61 Å². The lowest BCUT2D eigenvalue weighted by atomic mass is 10.0.